The molecule has 0 aliphatic heterocycles. The van der Waals surface area contributed by atoms with Crippen molar-refractivity contribution < 1.29 is 52.3 Å². The monoisotopic (exact) mass is 256 g/mol. The molecule has 0 aromatic carbocycles. The molecule has 7 N–H and O–H groups in total. The Morgan fingerprint density at radius 1 is 1.07 bits per heavy atom. The molecule has 0 unspecified atom stereocenters. The third-order valence-electron chi connectivity index (χ3n) is 1.42. The molecule has 0 amide bonds. The molecule has 0 saturated carbocycles. The Morgan fingerprint density at radius 3 is 1.79 bits per heavy atom. The molecular formula is C6H14NiO7. The van der Waals surface area contributed by atoms with Crippen LogP contribution in [-0.4, -0.2) is 68.3 Å². The third kappa shape index (κ3) is 5.61. The fourth-order valence-electron chi connectivity index (χ4n) is 0.618. The van der Waals surface area contributed by atoms with Crippen LogP contribution in [0.25, 0.3) is 0 Å². The van der Waals surface area contributed by atoms with Gasteiger partial charge in [0.25, 0.3) is 0 Å². The average molecular weight is 257 g/mol. The SMILES string of the molecule is O.O=C[C@H](O)[C@@H](O)[C@H](O)[C@H](O)CO.[Ni]. The van der Waals surface area contributed by atoms with Crippen LogP contribution in [0.3, 0.4) is 0 Å². The fraction of sp³-hybridized carbons (Fsp3) is 0.833. The molecule has 0 radical (unpaired) electrons. The van der Waals surface area contributed by atoms with Gasteiger partial charge in [0.2, 0.25) is 0 Å². The van der Waals surface area contributed by atoms with Crippen molar-refractivity contribution in [1.29, 1.82) is 0 Å². The summed E-state index contributed by atoms with van der Waals surface area (Å²) in [6.07, 6.45) is -6.84. The molecule has 0 heterocycles. The first-order valence-corrected chi connectivity index (χ1v) is 3.33. The zero-order chi connectivity index (χ0) is 9.72. The van der Waals surface area contributed by atoms with Gasteiger partial charge in [0, 0.05) is 16.5 Å². The molecule has 0 saturated heterocycles. The number of hydrogen-bond donors (Lipinski definition) is 5. The van der Waals surface area contributed by atoms with E-state index in [4.69, 9.17) is 25.5 Å². The van der Waals surface area contributed by atoms with Gasteiger partial charge in [-0.15, -0.1) is 0 Å². The number of rotatable bonds is 5. The van der Waals surface area contributed by atoms with Crippen LogP contribution in [0.15, 0.2) is 0 Å². The maximum atomic E-state index is 9.90. The third-order valence-corrected chi connectivity index (χ3v) is 1.42. The van der Waals surface area contributed by atoms with Gasteiger partial charge in [-0.25, -0.2) is 0 Å². The van der Waals surface area contributed by atoms with E-state index in [1.165, 1.54) is 0 Å². The largest absolute Gasteiger partial charge is 0.412 e. The Balaban J connectivity index is -0.000000605. The second-order valence-electron chi connectivity index (χ2n) is 2.36. The molecule has 0 aliphatic rings. The quantitative estimate of drug-likeness (QED) is 0.249. The number of carbonyl (C=O) groups excluding carboxylic acids is 1. The summed E-state index contributed by atoms with van der Waals surface area (Å²) in [6, 6.07) is 0. The molecule has 8 heteroatoms. The van der Waals surface area contributed by atoms with Gasteiger partial charge in [0.05, 0.1) is 6.61 Å². The smallest absolute Gasteiger partial charge is 0.151 e. The Kier molecular flexibility index (Phi) is 13.2. The van der Waals surface area contributed by atoms with E-state index in [1.54, 1.807) is 0 Å². The minimum atomic E-state index is -1.79. The first-order valence-electron chi connectivity index (χ1n) is 3.33. The fourth-order valence-corrected chi connectivity index (χ4v) is 0.618. The van der Waals surface area contributed by atoms with Crippen LogP contribution in [0.1, 0.15) is 0 Å². The van der Waals surface area contributed by atoms with Crippen molar-refractivity contribution >= 4 is 6.29 Å². The first-order chi connectivity index (χ1) is 5.54. The molecule has 90 valence electrons. The van der Waals surface area contributed by atoms with Crippen LogP contribution >= 0.6 is 0 Å². The summed E-state index contributed by atoms with van der Waals surface area (Å²) in [5.74, 6) is 0. The minimum Gasteiger partial charge on any atom is -0.412 e. The topological polar surface area (TPSA) is 150 Å². The normalized spacial score (nSPS) is 18.1. The molecule has 0 fully saturated rings. The van der Waals surface area contributed by atoms with Crippen LogP contribution in [0.5, 0.6) is 0 Å². The van der Waals surface area contributed by atoms with Gasteiger partial charge in [-0.1, -0.05) is 0 Å². The van der Waals surface area contributed by atoms with Gasteiger partial charge in [-0.2, -0.15) is 0 Å². The number of hydrogen-bond acceptors (Lipinski definition) is 6. The molecule has 0 bridgehead atoms. The number of aliphatic hydroxyl groups is 5. The van der Waals surface area contributed by atoms with E-state index in [0.717, 1.165) is 0 Å². The maximum absolute atomic E-state index is 9.90. The second-order valence-corrected chi connectivity index (χ2v) is 2.36. The molecule has 0 aromatic rings. The van der Waals surface area contributed by atoms with Gasteiger partial charge in [0.1, 0.15) is 24.4 Å². The zero-order valence-electron chi connectivity index (χ0n) is 7.05. The van der Waals surface area contributed by atoms with Gasteiger partial charge in [-0.3, -0.25) is 0 Å². The Hall–Kier alpha value is -0.0765. The molecule has 14 heavy (non-hydrogen) atoms. The van der Waals surface area contributed by atoms with Gasteiger partial charge in [-0.05, 0) is 0 Å². The molecular weight excluding hydrogens is 243 g/mol. The summed E-state index contributed by atoms with van der Waals surface area (Å²) in [7, 11) is 0. The van der Waals surface area contributed by atoms with Gasteiger partial charge >= 0.3 is 0 Å². The van der Waals surface area contributed by atoms with Crippen molar-refractivity contribution in [3.05, 3.63) is 0 Å². The van der Waals surface area contributed by atoms with E-state index >= 15 is 0 Å². The maximum Gasteiger partial charge on any atom is 0.151 e. The first kappa shape index (κ1) is 19.5. The Morgan fingerprint density at radius 2 is 1.50 bits per heavy atom. The van der Waals surface area contributed by atoms with E-state index in [1.807, 2.05) is 0 Å². The molecule has 0 aromatic heterocycles. The minimum absolute atomic E-state index is 0. The average Bonchev–Trinajstić information content (AvgIpc) is 2.12. The summed E-state index contributed by atoms with van der Waals surface area (Å²) < 4.78 is 0. The standard InChI is InChI=1S/C6H12O6.Ni.H2O/c7-1-3(9)5(11)6(12)4(10)2-8;;/h1,3-6,8-12H,2H2;;1H2/t3-,4+,5+,6+;;/m0../s1. The van der Waals surface area contributed by atoms with Crippen molar-refractivity contribution in [2.75, 3.05) is 6.61 Å². The Labute approximate surface area is 90.2 Å². The van der Waals surface area contributed by atoms with Crippen LogP contribution in [0, 0.1) is 0 Å². The van der Waals surface area contributed by atoms with Crippen LogP contribution in [0.4, 0.5) is 0 Å². The number of aliphatic hydroxyl groups excluding tert-OH is 5. The van der Waals surface area contributed by atoms with Crippen LogP contribution in [-0.2, 0) is 21.3 Å². The van der Waals surface area contributed by atoms with E-state index in [-0.39, 0.29) is 28.3 Å². The van der Waals surface area contributed by atoms with Crippen molar-refractivity contribution in [1.82, 2.24) is 0 Å². The molecule has 7 nitrogen and oxygen atoms in total. The van der Waals surface area contributed by atoms with E-state index in [9.17, 15) is 4.79 Å². The predicted octanol–water partition coefficient (Wildman–Crippen LogP) is -4.21. The molecule has 0 rings (SSSR count). The summed E-state index contributed by atoms with van der Waals surface area (Å²) in [4.78, 5) is 9.90. The number of carbonyl (C=O) groups is 1. The van der Waals surface area contributed by atoms with Gasteiger partial charge in [0.15, 0.2) is 6.29 Å². The van der Waals surface area contributed by atoms with Crippen molar-refractivity contribution in [2.45, 2.75) is 24.4 Å². The van der Waals surface area contributed by atoms with Gasteiger partial charge < -0.3 is 35.8 Å². The molecule has 4 atom stereocenters. The van der Waals surface area contributed by atoms with E-state index in [2.05, 4.69) is 0 Å². The number of aldehydes is 1. The molecule has 0 aliphatic carbocycles. The summed E-state index contributed by atoms with van der Waals surface area (Å²) >= 11 is 0. The second kappa shape index (κ2) is 9.48. The summed E-state index contributed by atoms with van der Waals surface area (Å²) in [5.41, 5.74) is 0. The summed E-state index contributed by atoms with van der Waals surface area (Å²) in [5, 5.41) is 43.5. The van der Waals surface area contributed by atoms with E-state index in [0.29, 0.717) is 0 Å². The van der Waals surface area contributed by atoms with E-state index < -0.39 is 31.0 Å². The van der Waals surface area contributed by atoms with Crippen LogP contribution in [0.2, 0.25) is 0 Å². The van der Waals surface area contributed by atoms with Crippen LogP contribution < -0.4 is 0 Å². The Bertz CT molecular complexity index is 144. The zero-order valence-corrected chi connectivity index (χ0v) is 8.04. The van der Waals surface area contributed by atoms with Crippen molar-refractivity contribution in [3.63, 3.8) is 0 Å². The van der Waals surface area contributed by atoms with Crippen molar-refractivity contribution in [3.8, 4) is 0 Å². The molecule has 0 spiro atoms. The predicted molar refractivity (Wildman–Crippen MR) is 40.8 cm³/mol. The van der Waals surface area contributed by atoms with Crippen molar-refractivity contribution in [2.24, 2.45) is 0 Å². The summed E-state index contributed by atoms with van der Waals surface area (Å²) in [6.45, 7) is -0.760.